The first kappa shape index (κ1) is 15.3. The van der Waals surface area contributed by atoms with E-state index in [4.69, 9.17) is 0 Å². The molecule has 0 aliphatic rings. The van der Waals surface area contributed by atoms with Crippen LogP contribution in [-0.2, 0) is 20.2 Å². The molecule has 2 aromatic rings. The molecule has 0 radical (unpaired) electrons. The first-order valence-corrected chi connectivity index (χ1v) is 7.02. The minimum Gasteiger partial charge on any atom is -0.392 e. The third-order valence-electron chi connectivity index (χ3n) is 3.47. The molecule has 5 heteroatoms. The van der Waals surface area contributed by atoms with E-state index in [2.05, 4.69) is 24.3 Å². The highest BCUT2D eigenvalue weighted by atomic mass is 16.3. The Morgan fingerprint density at radius 3 is 2.57 bits per heavy atom. The molecule has 0 saturated heterocycles. The van der Waals surface area contributed by atoms with Crippen molar-refractivity contribution in [2.24, 2.45) is 7.05 Å². The predicted molar refractivity (Wildman–Crippen MR) is 80.8 cm³/mol. The van der Waals surface area contributed by atoms with Gasteiger partial charge in [-0.05, 0) is 23.1 Å². The van der Waals surface area contributed by atoms with Crippen molar-refractivity contribution in [3.05, 3.63) is 52.8 Å². The molecule has 0 aliphatic carbocycles. The van der Waals surface area contributed by atoms with Gasteiger partial charge in [0.2, 0.25) is 0 Å². The molecule has 1 aromatic heterocycles. The molecule has 0 atom stereocenters. The summed E-state index contributed by atoms with van der Waals surface area (Å²) in [5.41, 5.74) is 3.17. The summed E-state index contributed by atoms with van der Waals surface area (Å²) < 4.78 is 1.74. The Kier molecular flexibility index (Phi) is 4.75. The molecule has 0 aliphatic heterocycles. The molecule has 2 rings (SSSR count). The van der Waals surface area contributed by atoms with Crippen molar-refractivity contribution in [2.75, 3.05) is 0 Å². The molecule has 1 heterocycles. The summed E-state index contributed by atoms with van der Waals surface area (Å²) in [4.78, 5) is 12.2. The summed E-state index contributed by atoms with van der Waals surface area (Å²) in [6, 6.07) is 9.31. The lowest BCUT2D eigenvalue weighted by Gasteiger charge is -2.07. The van der Waals surface area contributed by atoms with Crippen molar-refractivity contribution in [1.29, 1.82) is 0 Å². The second-order valence-electron chi connectivity index (χ2n) is 5.34. The fraction of sp³-hybridized carbons (Fsp3) is 0.375. The second-order valence-corrected chi connectivity index (χ2v) is 5.34. The van der Waals surface area contributed by atoms with E-state index in [1.54, 1.807) is 4.68 Å². The van der Waals surface area contributed by atoms with Crippen LogP contribution in [0.15, 0.2) is 30.3 Å². The molecule has 0 bridgehead atoms. The highest BCUT2D eigenvalue weighted by Gasteiger charge is 2.14. The number of rotatable bonds is 5. The lowest BCUT2D eigenvalue weighted by Crippen LogP contribution is -2.24. The van der Waals surface area contributed by atoms with E-state index in [1.165, 1.54) is 0 Å². The third-order valence-corrected chi connectivity index (χ3v) is 3.47. The van der Waals surface area contributed by atoms with Gasteiger partial charge in [0.1, 0.15) is 5.69 Å². The molecule has 1 amide bonds. The molecular formula is C16H21N3O2. The first-order chi connectivity index (χ1) is 10.0. The lowest BCUT2D eigenvalue weighted by atomic mass is 10.1. The van der Waals surface area contributed by atoms with Crippen molar-refractivity contribution in [1.82, 2.24) is 15.1 Å². The zero-order valence-corrected chi connectivity index (χ0v) is 12.6. The highest BCUT2D eigenvalue weighted by molar-refractivity contribution is 5.92. The molecule has 2 N–H and O–H groups in total. The number of carbonyl (C=O) groups excluding carboxylic acids is 1. The summed E-state index contributed by atoms with van der Waals surface area (Å²) in [5.74, 6) is 0.115. The van der Waals surface area contributed by atoms with Crippen LogP contribution in [0.25, 0.3) is 0 Å². The van der Waals surface area contributed by atoms with Gasteiger partial charge in [0.25, 0.3) is 5.91 Å². The van der Waals surface area contributed by atoms with Gasteiger partial charge >= 0.3 is 0 Å². The van der Waals surface area contributed by atoms with E-state index >= 15 is 0 Å². The average Bonchev–Trinajstić information content (AvgIpc) is 2.87. The van der Waals surface area contributed by atoms with E-state index in [0.29, 0.717) is 18.2 Å². The van der Waals surface area contributed by atoms with Crippen LogP contribution in [0.3, 0.4) is 0 Å². The van der Waals surface area contributed by atoms with Crippen LogP contribution in [0.1, 0.15) is 47.1 Å². The summed E-state index contributed by atoms with van der Waals surface area (Å²) >= 11 is 0. The SMILES string of the molecule is CC(C)c1cc(C(=O)NCc2ccccc2CO)nn1C. The van der Waals surface area contributed by atoms with Crippen molar-refractivity contribution in [3.63, 3.8) is 0 Å². The number of aliphatic hydroxyl groups excluding tert-OH is 1. The lowest BCUT2D eigenvalue weighted by molar-refractivity contribution is 0.0945. The van der Waals surface area contributed by atoms with Gasteiger partial charge in [0, 0.05) is 19.3 Å². The van der Waals surface area contributed by atoms with Gasteiger partial charge in [-0.3, -0.25) is 9.48 Å². The van der Waals surface area contributed by atoms with Crippen molar-refractivity contribution in [3.8, 4) is 0 Å². The van der Waals surface area contributed by atoms with E-state index in [-0.39, 0.29) is 12.5 Å². The Bertz CT molecular complexity index is 632. The largest absolute Gasteiger partial charge is 0.392 e. The van der Waals surface area contributed by atoms with Gasteiger partial charge in [-0.2, -0.15) is 5.10 Å². The summed E-state index contributed by atoms with van der Waals surface area (Å²) in [6.07, 6.45) is 0. The van der Waals surface area contributed by atoms with Gasteiger partial charge in [-0.1, -0.05) is 38.1 Å². The third kappa shape index (κ3) is 3.49. The van der Waals surface area contributed by atoms with Crippen LogP contribution in [0.4, 0.5) is 0 Å². The van der Waals surface area contributed by atoms with Crippen LogP contribution in [0.5, 0.6) is 0 Å². The van der Waals surface area contributed by atoms with Crippen LogP contribution in [0, 0.1) is 0 Å². The molecule has 1 aromatic carbocycles. The number of nitrogens with one attached hydrogen (secondary N) is 1. The Morgan fingerprint density at radius 1 is 1.33 bits per heavy atom. The fourth-order valence-corrected chi connectivity index (χ4v) is 2.28. The Morgan fingerprint density at radius 2 is 2.00 bits per heavy atom. The van der Waals surface area contributed by atoms with Gasteiger partial charge in [0.15, 0.2) is 0 Å². The Labute approximate surface area is 124 Å². The number of hydrogen-bond donors (Lipinski definition) is 2. The smallest absolute Gasteiger partial charge is 0.272 e. The molecule has 0 saturated carbocycles. The predicted octanol–water partition coefficient (Wildman–Crippen LogP) is 1.97. The number of aryl methyl sites for hydroxylation is 1. The Balaban J connectivity index is 2.07. The van der Waals surface area contributed by atoms with Crippen LogP contribution in [0.2, 0.25) is 0 Å². The van der Waals surface area contributed by atoms with Crippen LogP contribution in [-0.4, -0.2) is 20.8 Å². The number of nitrogens with zero attached hydrogens (tertiary/aromatic N) is 2. The van der Waals surface area contributed by atoms with E-state index in [9.17, 15) is 9.90 Å². The minimum absolute atomic E-state index is 0.0346. The highest BCUT2D eigenvalue weighted by Crippen LogP contribution is 2.15. The molecule has 0 unspecified atom stereocenters. The number of hydrogen-bond acceptors (Lipinski definition) is 3. The number of benzene rings is 1. The fourth-order valence-electron chi connectivity index (χ4n) is 2.28. The maximum atomic E-state index is 12.2. The number of aromatic nitrogens is 2. The number of aliphatic hydroxyl groups is 1. The average molecular weight is 287 g/mol. The Hall–Kier alpha value is -2.14. The van der Waals surface area contributed by atoms with Gasteiger partial charge in [-0.15, -0.1) is 0 Å². The normalized spacial score (nSPS) is 10.9. The first-order valence-electron chi connectivity index (χ1n) is 7.02. The molecule has 0 fully saturated rings. The quantitative estimate of drug-likeness (QED) is 0.883. The van der Waals surface area contributed by atoms with Crippen molar-refractivity contribution in [2.45, 2.75) is 32.9 Å². The monoisotopic (exact) mass is 287 g/mol. The van der Waals surface area contributed by atoms with Gasteiger partial charge < -0.3 is 10.4 Å². The van der Waals surface area contributed by atoms with E-state index in [0.717, 1.165) is 16.8 Å². The maximum Gasteiger partial charge on any atom is 0.272 e. The second kappa shape index (κ2) is 6.54. The minimum atomic E-state index is -0.203. The summed E-state index contributed by atoms with van der Waals surface area (Å²) in [6.45, 7) is 4.47. The van der Waals surface area contributed by atoms with Gasteiger partial charge in [0.05, 0.1) is 6.61 Å². The molecular weight excluding hydrogens is 266 g/mol. The standard InChI is InChI=1S/C16H21N3O2/c1-11(2)15-8-14(18-19(15)3)16(21)17-9-12-6-4-5-7-13(12)10-20/h4-8,11,20H,9-10H2,1-3H3,(H,17,21). The zero-order chi connectivity index (χ0) is 15.4. The van der Waals surface area contributed by atoms with E-state index < -0.39 is 0 Å². The maximum absolute atomic E-state index is 12.2. The molecule has 21 heavy (non-hydrogen) atoms. The number of carbonyl (C=O) groups is 1. The zero-order valence-electron chi connectivity index (χ0n) is 12.6. The number of amides is 1. The molecule has 5 nitrogen and oxygen atoms in total. The summed E-state index contributed by atoms with van der Waals surface area (Å²) in [5, 5.41) is 16.4. The van der Waals surface area contributed by atoms with Crippen LogP contribution >= 0.6 is 0 Å². The van der Waals surface area contributed by atoms with E-state index in [1.807, 2.05) is 37.4 Å². The molecule has 112 valence electrons. The molecule has 0 spiro atoms. The topological polar surface area (TPSA) is 67.2 Å². The summed E-state index contributed by atoms with van der Waals surface area (Å²) in [7, 11) is 1.84. The van der Waals surface area contributed by atoms with Crippen molar-refractivity contribution >= 4 is 5.91 Å². The van der Waals surface area contributed by atoms with Crippen molar-refractivity contribution < 1.29 is 9.90 Å². The van der Waals surface area contributed by atoms with Crippen LogP contribution < -0.4 is 5.32 Å². The van der Waals surface area contributed by atoms with Gasteiger partial charge in [-0.25, -0.2) is 0 Å².